The molecule has 2 aromatic carbocycles. The number of aromatic nitrogens is 1. The molecule has 4 N–H and O–H groups in total. The van der Waals surface area contributed by atoms with E-state index in [2.05, 4.69) is 15.6 Å². The van der Waals surface area contributed by atoms with Gasteiger partial charge in [0.2, 0.25) is 11.8 Å². The number of methoxy groups -OCH3 is 1. The third-order valence-corrected chi connectivity index (χ3v) is 6.39. The van der Waals surface area contributed by atoms with Crippen molar-refractivity contribution in [1.82, 2.24) is 15.6 Å². The Balaban J connectivity index is 1.87. The van der Waals surface area contributed by atoms with Crippen molar-refractivity contribution in [1.29, 1.82) is 0 Å². The number of carbonyl (C=O) groups excluding carboxylic acids is 3. The molecule has 1 heterocycles. The number of H-pyrrole nitrogens is 1. The third-order valence-electron chi connectivity index (χ3n) is 6.39. The van der Waals surface area contributed by atoms with Crippen molar-refractivity contribution in [3.05, 3.63) is 84.1 Å². The van der Waals surface area contributed by atoms with Crippen LogP contribution in [0.4, 0.5) is 0 Å². The number of ether oxygens (including phenoxy) is 1. The summed E-state index contributed by atoms with van der Waals surface area (Å²) >= 11 is 0. The SMILES string of the molecule is COC(=O)C/C=C/[C@H](C)[C@@H](NC(=O)[C@H](Cc1c[nH]c2ccccc12)NC(=O)C(C)CO)c1ccccc1. The molecule has 37 heavy (non-hydrogen) atoms. The number of fused-ring (bicyclic) bond motifs is 1. The number of carbonyl (C=O) groups is 3. The summed E-state index contributed by atoms with van der Waals surface area (Å²) in [7, 11) is 1.34. The molecule has 0 fully saturated rings. The van der Waals surface area contributed by atoms with Crippen molar-refractivity contribution in [2.24, 2.45) is 11.8 Å². The number of nitrogens with one attached hydrogen (secondary N) is 3. The quantitative estimate of drug-likeness (QED) is 0.222. The zero-order chi connectivity index (χ0) is 26.8. The fourth-order valence-electron chi connectivity index (χ4n) is 4.13. The Morgan fingerprint density at radius 1 is 1.00 bits per heavy atom. The van der Waals surface area contributed by atoms with Gasteiger partial charge in [0.1, 0.15) is 6.04 Å². The number of aromatic amines is 1. The van der Waals surface area contributed by atoms with Gasteiger partial charge in [-0.05, 0) is 23.1 Å². The maximum atomic E-state index is 13.7. The van der Waals surface area contributed by atoms with Crippen LogP contribution in [0.25, 0.3) is 10.9 Å². The molecule has 0 aliphatic carbocycles. The molecule has 8 nitrogen and oxygen atoms in total. The van der Waals surface area contributed by atoms with Crippen molar-refractivity contribution in [3.8, 4) is 0 Å². The molecule has 1 aromatic heterocycles. The van der Waals surface area contributed by atoms with Crippen LogP contribution in [0.2, 0.25) is 0 Å². The van der Waals surface area contributed by atoms with Gasteiger partial charge in [-0.15, -0.1) is 0 Å². The molecule has 0 spiro atoms. The molecule has 0 aliphatic heterocycles. The van der Waals surface area contributed by atoms with Gasteiger partial charge in [-0.3, -0.25) is 14.4 Å². The minimum atomic E-state index is -0.863. The summed E-state index contributed by atoms with van der Waals surface area (Å²) < 4.78 is 4.70. The van der Waals surface area contributed by atoms with E-state index >= 15 is 0 Å². The maximum absolute atomic E-state index is 13.7. The molecule has 3 aromatic rings. The smallest absolute Gasteiger partial charge is 0.309 e. The first kappa shape index (κ1) is 27.7. The minimum Gasteiger partial charge on any atom is -0.469 e. The van der Waals surface area contributed by atoms with E-state index in [1.807, 2.05) is 73.8 Å². The van der Waals surface area contributed by atoms with Crippen molar-refractivity contribution >= 4 is 28.7 Å². The van der Waals surface area contributed by atoms with Gasteiger partial charge in [0.25, 0.3) is 0 Å². The van der Waals surface area contributed by atoms with Crippen LogP contribution in [-0.2, 0) is 25.5 Å². The maximum Gasteiger partial charge on any atom is 0.309 e. The molecule has 2 amide bonds. The zero-order valence-corrected chi connectivity index (χ0v) is 21.4. The summed E-state index contributed by atoms with van der Waals surface area (Å²) in [6.07, 6.45) is 5.85. The lowest BCUT2D eigenvalue weighted by atomic mass is 9.93. The largest absolute Gasteiger partial charge is 0.469 e. The van der Waals surface area contributed by atoms with Crippen LogP contribution in [0.5, 0.6) is 0 Å². The van der Waals surface area contributed by atoms with Gasteiger partial charge in [0.05, 0.1) is 32.1 Å². The summed E-state index contributed by atoms with van der Waals surface area (Å²) in [6.45, 7) is 3.24. The molecular formula is C29H35N3O5. The fraction of sp³-hybridized carbons (Fsp3) is 0.345. The van der Waals surface area contributed by atoms with E-state index in [4.69, 9.17) is 4.74 Å². The first-order valence-electron chi connectivity index (χ1n) is 12.4. The Labute approximate surface area is 217 Å². The van der Waals surface area contributed by atoms with Crippen LogP contribution in [0.1, 0.15) is 37.4 Å². The number of benzene rings is 2. The van der Waals surface area contributed by atoms with Crippen molar-refractivity contribution in [2.45, 2.75) is 38.8 Å². The molecule has 0 radical (unpaired) electrons. The summed E-state index contributed by atoms with van der Waals surface area (Å²) in [6, 6.07) is 16.1. The van der Waals surface area contributed by atoms with Gasteiger partial charge in [0.15, 0.2) is 0 Å². The van der Waals surface area contributed by atoms with Gasteiger partial charge >= 0.3 is 5.97 Å². The van der Waals surface area contributed by atoms with Crippen LogP contribution in [-0.4, -0.2) is 47.6 Å². The lowest BCUT2D eigenvalue weighted by Gasteiger charge is -2.27. The van der Waals surface area contributed by atoms with Crippen molar-refractivity contribution < 1.29 is 24.2 Å². The topological polar surface area (TPSA) is 121 Å². The second-order valence-corrected chi connectivity index (χ2v) is 9.17. The zero-order valence-electron chi connectivity index (χ0n) is 21.4. The third kappa shape index (κ3) is 7.54. The summed E-state index contributed by atoms with van der Waals surface area (Å²) in [5.41, 5.74) is 2.74. The number of hydrogen-bond donors (Lipinski definition) is 4. The molecule has 3 rings (SSSR count). The average molecular weight is 506 g/mol. The van der Waals surface area contributed by atoms with E-state index in [1.165, 1.54) is 7.11 Å². The number of esters is 1. The van der Waals surface area contributed by atoms with E-state index < -0.39 is 23.9 Å². The molecule has 4 atom stereocenters. The molecule has 0 saturated carbocycles. The summed E-state index contributed by atoms with van der Waals surface area (Å²) in [5.74, 6) is -1.89. The Morgan fingerprint density at radius 2 is 1.70 bits per heavy atom. The predicted octanol–water partition coefficient (Wildman–Crippen LogP) is 3.44. The predicted molar refractivity (Wildman–Crippen MR) is 142 cm³/mol. The lowest BCUT2D eigenvalue weighted by molar-refractivity contribution is -0.139. The van der Waals surface area contributed by atoms with Gasteiger partial charge in [-0.25, -0.2) is 0 Å². The molecule has 1 unspecified atom stereocenters. The Bertz CT molecular complexity index is 1220. The van der Waals surface area contributed by atoms with Crippen LogP contribution >= 0.6 is 0 Å². The number of para-hydroxylation sites is 1. The molecule has 0 aliphatic rings. The van der Waals surface area contributed by atoms with E-state index in [0.717, 1.165) is 22.0 Å². The van der Waals surface area contributed by atoms with E-state index in [0.29, 0.717) is 0 Å². The number of hydrogen-bond acceptors (Lipinski definition) is 5. The fourth-order valence-corrected chi connectivity index (χ4v) is 4.13. The Morgan fingerprint density at radius 3 is 2.41 bits per heavy atom. The first-order valence-corrected chi connectivity index (χ1v) is 12.4. The van der Waals surface area contributed by atoms with Crippen molar-refractivity contribution in [2.75, 3.05) is 13.7 Å². The average Bonchev–Trinajstić information content (AvgIpc) is 3.33. The van der Waals surface area contributed by atoms with Crippen LogP contribution in [0.15, 0.2) is 72.9 Å². The molecule has 0 saturated heterocycles. The van der Waals surface area contributed by atoms with Crippen molar-refractivity contribution in [3.63, 3.8) is 0 Å². The highest BCUT2D eigenvalue weighted by Crippen LogP contribution is 2.24. The van der Waals surface area contributed by atoms with Gasteiger partial charge in [-0.2, -0.15) is 0 Å². The monoisotopic (exact) mass is 505 g/mol. The van der Waals surface area contributed by atoms with E-state index in [1.54, 1.807) is 13.0 Å². The minimum absolute atomic E-state index is 0.134. The van der Waals surface area contributed by atoms with Crippen LogP contribution in [0, 0.1) is 11.8 Å². The second-order valence-electron chi connectivity index (χ2n) is 9.17. The van der Waals surface area contributed by atoms with E-state index in [9.17, 15) is 19.5 Å². The molecule has 8 heteroatoms. The summed E-state index contributed by atoms with van der Waals surface area (Å²) in [5, 5.41) is 16.4. The Kier molecular flexibility index (Phi) is 10.0. The first-order chi connectivity index (χ1) is 17.8. The number of aliphatic hydroxyl groups is 1. The highest BCUT2D eigenvalue weighted by atomic mass is 16.5. The second kappa shape index (κ2) is 13.4. The Hall–Kier alpha value is -3.91. The summed E-state index contributed by atoms with van der Waals surface area (Å²) in [4.78, 5) is 41.1. The molecule has 196 valence electrons. The highest BCUT2D eigenvalue weighted by molar-refractivity contribution is 5.90. The van der Waals surface area contributed by atoms with Gasteiger partial charge in [-0.1, -0.05) is 74.5 Å². The van der Waals surface area contributed by atoms with Crippen LogP contribution in [0.3, 0.4) is 0 Å². The van der Waals surface area contributed by atoms with E-state index in [-0.39, 0.29) is 37.2 Å². The number of rotatable bonds is 12. The molecule has 0 bridgehead atoms. The normalized spacial score (nSPS) is 14.6. The standard InChI is InChI=1S/C29H35N3O5/c1-19(10-9-15-26(34)37-3)27(21-11-5-4-6-12-21)32-29(36)25(31-28(35)20(2)18-33)16-22-17-30-24-14-8-7-13-23(22)24/h4-14,17,19-20,25,27,30,33H,15-16,18H2,1-3H3,(H,31,35)(H,32,36)/b10-9+/t19-,20?,25-,27+/m0/s1. The highest BCUT2D eigenvalue weighted by Gasteiger charge is 2.28. The van der Waals surface area contributed by atoms with Gasteiger partial charge in [0, 0.05) is 23.5 Å². The lowest BCUT2D eigenvalue weighted by Crippen LogP contribution is -2.51. The van der Waals surface area contributed by atoms with Gasteiger partial charge < -0.3 is 25.5 Å². The molecular weight excluding hydrogens is 470 g/mol. The van der Waals surface area contributed by atoms with Crippen LogP contribution < -0.4 is 10.6 Å². The number of aliphatic hydroxyl groups excluding tert-OH is 1. The number of amides is 2.